The summed E-state index contributed by atoms with van der Waals surface area (Å²) in [6.45, 7) is 4.90. The zero-order valence-electron chi connectivity index (χ0n) is 26.0. The molecular formula is C32H36F2N10O2. The summed E-state index contributed by atoms with van der Waals surface area (Å²) in [4.78, 5) is 16.0. The molecule has 6 heterocycles. The quantitative estimate of drug-likeness (QED) is 0.169. The maximum absolute atomic E-state index is 15.9. The molecular weight excluding hydrogens is 594 g/mol. The molecule has 0 aliphatic carbocycles. The van der Waals surface area contributed by atoms with E-state index >= 15 is 4.39 Å². The number of halogens is 2. The molecule has 12 nitrogen and oxygen atoms in total. The number of nitrogens with one attached hydrogen (secondary N) is 2. The first-order valence-corrected chi connectivity index (χ1v) is 15.5. The normalized spacial score (nSPS) is 18.4. The van der Waals surface area contributed by atoms with Crippen molar-refractivity contribution in [1.29, 1.82) is 5.41 Å². The van der Waals surface area contributed by atoms with Crippen LogP contribution in [0.25, 0.3) is 33.3 Å². The fourth-order valence-electron chi connectivity index (χ4n) is 6.33. The summed E-state index contributed by atoms with van der Waals surface area (Å²) in [5, 5.41) is 31.8. The fourth-order valence-corrected chi connectivity index (χ4v) is 6.33. The number of benzene rings is 1. The standard InChI is InChI=1S/C32H36F2N10O2/c1-18-22(33)14-19(15-36-18)37-31(35)32(2)9-11-43(12-10-32)29-24(17-45)38-28-27(20-7-8-23-21(26(20)34)16-42(3)40-23)41-44(30(28)39-29)25-6-4-5-13-46-25/h7-8,14-16,25,45H,4-6,9-13,17H2,1-3H3,(H2,35,37). The van der Waals surface area contributed by atoms with E-state index in [9.17, 15) is 9.50 Å². The average molecular weight is 631 g/mol. The molecule has 0 spiro atoms. The molecule has 46 heavy (non-hydrogen) atoms. The third-order valence-electron chi connectivity index (χ3n) is 9.21. The van der Waals surface area contributed by atoms with Gasteiger partial charge in [0.05, 0.1) is 35.1 Å². The highest BCUT2D eigenvalue weighted by Gasteiger charge is 2.36. The van der Waals surface area contributed by atoms with Crippen molar-refractivity contribution in [3.63, 3.8) is 0 Å². The van der Waals surface area contributed by atoms with Gasteiger partial charge in [0, 0.05) is 50.0 Å². The first-order chi connectivity index (χ1) is 22.1. The van der Waals surface area contributed by atoms with E-state index in [0.29, 0.717) is 83.2 Å². The molecule has 2 aliphatic rings. The minimum absolute atomic E-state index is 0.273. The minimum Gasteiger partial charge on any atom is -0.390 e. The van der Waals surface area contributed by atoms with Crippen LogP contribution in [0.2, 0.25) is 0 Å². The summed E-state index contributed by atoms with van der Waals surface area (Å²) in [7, 11) is 1.75. The van der Waals surface area contributed by atoms with Crippen molar-refractivity contribution in [1.82, 2.24) is 34.5 Å². The molecule has 0 amide bonds. The summed E-state index contributed by atoms with van der Waals surface area (Å²) in [6, 6.07) is 4.76. The van der Waals surface area contributed by atoms with Crippen molar-refractivity contribution >= 4 is 39.4 Å². The van der Waals surface area contributed by atoms with E-state index in [0.717, 1.165) is 19.3 Å². The highest BCUT2D eigenvalue weighted by atomic mass is 19.1. The molecule has 1 aromatic carbocycles. The van der Waals surface area contributed by atoms with Gasteiger partial charge in [0.2, 0.25) is 0 Å². The predicted octanol–water partition coefficient (Wildman–Crippen LogP) is 5.25. The number of aliphatic hydroxyl groups excluding tert-OH is 1. The van der Waals surface area contributed by atoms with E-state index in [2.05, 4.69) is 20.3 Å². The molecule has 4 aromatic heterocycles. The molecule has 240 valence electrons. The van der Waals surface area contributed by atoms with Gasteiger partial charge >= 0.3 is 0 Å². The lowest BCUT2D eigenvalue weighted by atomic mass is 9.79. The van der Waals surface area contributed by atoms with Gasteiger partial charge in [-0.1, -0.05) is 6.92 Å². The molecule has 2 aliphatic heterocycles. The van der Waals surface area contributed by atoms with Crippen LogP contribution in [0.15, 0.2) is 30.6 Å². The SMILES string of the molecule is Cc1ncc(NC(=N)C2(C)CCN(c3nc4c(nc3CO)c(-c3ccc5nn(C)cc5c3F)nn4C3CCCCO3)CC2)cc1F. The summed E-state index contributed by atoms with van der Waals surface area (Å²) in [6.07, 6.45) is 6.64. The Balaban J connectivity index is 1.23. The molecule has 3 N–H and O–H groups in total. The number of hydrogen-bond acceptors (Lipinski definition) is 9. The minimum atomic E-state index is -0.498. The highest BCUT2D eigenvalue weighted by molar-refractivity contribution is 5.97. The molecule has 1 unspecified atom stereocenters. The summed E-state index contributed by atoms with van der Waals surface area (Å²) >= 11 is 0. The third-order valence-corrected chi connectivity index (χ3v) is 9.21. The van der Waals surface area contributed by atoms with E-state index in [-0.39, 0.29) is 24.2 Å². The smallest absolute Gasteiger partial charge is 0.182 e. The molecule has 14 heteroatoms. The number of fused-ring (bicyclic) bond motifs is 2. The number of ether oxygens (including phenoxy) is 1. The van der Waals surface area contributed by atoms with Crippen LogP contribution in [0.4, 0.5) is 20.3 Å². The van der Waals surface area contributed by atoms with E-state index in [4.69, 9.17) is 25.2 Å². The van der Waals surface area contributed by atoms with E-state index in [1.807, 2.05) is 6.92 Å². The van der Waals surface area contributed by atoms with Gasteiger partial charge in [0.25, 0.3) is 0 Å². The number of aryl methyl sites for hydroxylation is 2. The molecule has 5 aromatic rings. The number of aromatic nitrogens is 7. The van der Waals surface area contributed by atoms with Crippen LogP contribution in [-0.4, -0.2) is 65.2 Å². The van der Waals surface area contributed by atoms with Gasteiger partial charge in [-0.05, 0) is 51.2 Å². The third kappa shape index (κ3) is 5.24. The van der Waals surface area contributed by atoms with Crippen molar-refractivity contribution in [3.05, 3.63) is 53.6 Å². The zero-order valence-corrected chi connectivity index (χ0v) is 26.0. The Kier molecular flexibility index (Phi) is 7.64. The van der Waals surface area contributed by atoms with Crippen LogP contribution in [0.3, 0.4) is 0 Å². The monoisotopic (exact) mass is 630 g/mol. The number of amidine groups is 1. The second-order valence-corrected chi connectivity index (χ2v) is 12.4. The van der Waals surface area contributed by atoms with Crippen molar-refractivity contribution in [2.45, 2.75) is 58.8 Å². The second kappa shape index (κ2) is 11.7. The molecule has 0 saturated carbocycles. The Morgan fingerprint density at radius 1 is 1.17 bits per heavy atom. The van der Waals surface area contributed by atoms with E-state index < -0.39 is 17.0 Å². The van der Waals surface area contributed by atoms with E-state index in [1.165, 1.54) is 12.3 Å². The van der Waals surface area contributed by atoms with Crippen molar-refractivity contribution < 1.29 is 18.6 Å². The molecule has 0 radical (unpaired) electrons. The van der Waals surface area contributed by atoms with Gasteiger partial charge in [0.1, 0.15) is 34.4 Å². The number of rotatable bonds is 6. The highest BCUT2D eigenvalue weighted by Crippen LogP contribution is 2.38. The van der Waals surface area contributed by atoms with Crippen LogP contribution in [-0.2, 0) is 18.4 Å². The van der Waals surface area contributed by atoms with Crippen molar-refractivity contribution in [2.75, 3.05) is 29.9 Å². The van der Waals surface area contributed by atoms with Gasteiger partial charge in [-0.2, -0.15) is 10.2 Å². The molecule has 0 bridgehead atoms. The molecule has 2 fully saturated rings. The van der Waals surface area contributed by atoms with Crippen molar-refractivity contribution in [3.8, 4) is 11.3 Å². The number of hydrogen-bond donors (Lipinski definition) is 3. The molecule has 1 atom stereocenters. The molecule has 7 rings (SSSR count). The lowest BCUT2D eigenvalue weighted by molar-refractivity contribution is -0.0368. The maximum atomic E-state index is 15.9. The van der Waals surface area contributed by atoms with Crippen LogP contribution < -0.4 is 10.2 Å². The second-order valence-electron chi connectivity index (χ2n) is 12.4. The van der Waals surface area contributed by atoms with Gasteiger partial charge in [-0.15, -0.1) is 0 Å². The zero-order chi connectivity index (χ0) is 32.2. The first kappa shape index (κ1) is 30.1. The van der Waals surface area contributed by atoms with Gasteiger partial charge in [0.15, 0.2) is 17.7 Å². The Morgan fingerprint density at radius 3 is 2.70 bits per heavy atom. The Labute approximate surface area is 263 Å². The molecule has 2 saturated heterocycles. The van der Waals surface area contributed by atoms with Gasteiger partial charge < -0.3 is 20.1 Å². The Bertz CT molecular complexity index is 1960. The fraction of sp³-hybridized carbons (Fsp3) is 0.438. The Hall–Kier alpha value is -4.56. The topological polar surface area (TPSA) is 143 Å². The number of piperidine rings is 1. The Morgan fingerprint density at radius 2 is 1.98 bits per heavy atom. The lowest BCUT2D eigenvalue weighted by Crippen LogP contribution is -2.45. The van der Waals surface area contributed by atoms with Crippen LogP contribution in [0, 0.1) is 29.4 Å². The number of nitrogens with zero attached hydrogens (tertiary/aromatic N) is 8. The number of anilines is 2. The predicted molar refractivity (Wildman–Crippen MR) is 170 cm³/mol. The average Bonchev–Trinajstić information content (AvgIpc) is 3.63. The van der Waals surface area contributed by atoms with E-state index in [1.54, 1.807) is 41.7 Å². The number of aliphatic hydroxyl groups is 1. The van der Waals surface area contributed by atoms with Crippen LogP contribution in [0.5, 0.6) is 0 Å². The largest absolute Gasteiger partial charge is 0.390 e. The summed E-state index contributed by atoms with van der Waals surface area (Å²) in [5.74, 6) is -0.0720. The summed E-state index contributed by atoms with van der Waals surface area (Å²) in [5.41, 5.74) is 2.58. The van der Waals surface area contributed by atoms with Crippen LogP contribution in [0.1, 0.15) is 56.6 Å². The van der Waals surface area contributed by atoms with Gasteiger partial charge in [-0.25, -0.2) is 23.4 Å². The summed E-state index contributed by atoms with van der Waals surface area (Å²) < 4.78 is 39.4. The first-order valence-electron chi connectivity index (χ1n) is 15.5. The maximum Gasteiger partial charge on any atom is 0.182 e. The number of pyridine rings is 1. The van der Waals surface area contributed by atoms with Gasteiger partial charge in [-0.3, -0.25) is 15.1 Å². The van der Waals surface area contributed by atoms with Crippen LogP contribution >= 0.6 is 0 Å². The lowest BCUT2D eigenvalue weighted by Gasteiger charge is -2.40. The van der Waals surface area contributed by atoms with Crippen molar-refractivity contribution in [2.24, 2.45) is 12.5 Å².